The first-order valence-corrected chi connectivity index (χ1v) is 10.5. The Hall–Kier alpha value is -1.69. The van der Waals surface area contributed by atoms with Crippen LogP contribution in [0, 0.1) is 5.92 Å². The van der Waals surface area contributed by atoms with Crippen molar-refractivity contribution in [3.63, 3.8) is 0 Å². The number of carbonyl (C=O) groups is 1. The fraction of sp³-hybridized carbons (Fsp3) is 0.522. The van der Waals surface area contributed by atoms with E-state index in [-0.39, 0.29) is 30.7 Å². The molecule has 0 bridgehead atoms. The number of anilines is 1. The first-order chi connectivity index (χ1) is 13.7. The molecule has 0 saturated carbocycles. The van der Waals surface area contributed by atoms with E-state index in [1.54, 1.807) is 6.26 Å². The predicted octanol–water partition coefficient (Wildman–Crippen LogP) is 4.54. The highest BCUT2D eigenvalue weighted by molar-refractivity contribution is 5.93. The number of carbonyl (C=O) groups excluding carboxylic acids is 1. The molecule has 1 aromatic heterocycles. The van der Waals surface area contributed by atoms with Crippen LogP contribution in [-0.2, 0) is 13.0 Å². The first kappa shape index (κ1) is 24.6. The Balaban J connectivity index is 0.00000160. The van der Waals surface area contributed by atoms with E-state index >= 15 is 0 Å². The summed E-state index contributed by atoms with van der Waals surface area (Å²) in [5.41, 5.74) is 3.65. The number of para-hydroxylation sites is 1. The number of nitrogens with one attached hydrogen (secondary N) is 1. The van der Waals surface area contributed by atoms with Gasteiger partial charge in [0, 0.05) is 36.9 Å². The van der Waals surface area contributed by atoms with Crippen LogP contribution in [0.2, 0.25) is 0 Å². The molecule has 4 rings (SSSR count). The highest BCUT2D eigenvalue weighted by Crippen LogP contribution is 2.34. The number of hydrogen-bond donors (Lipinski definition) is 1. The van der Waals surface area contributed by atoms with Crippen LogP contribution in [0.5, 0.6) is 0 Å². The van der Waals surface area contributed by atoms with Crippen molar-refractivity contribution in [2.24, 2.45) is 5.92 Å². The van der Waals surface area contributed by atoms with Crippen molar-refractivity contribution in [2.45, 2.75) is 45.2 Å². The standard InChI is InChI=1S/C23H31N3O2.2ClH/c1-17-15-19-5-3-4-6-21(19)26(17)16-20-10-14-28-22(20)23(27)25-12-8-18(9-13-25)7-11-24-2;;/h3-6,10,14,17-18,24H,7-9,11-13,15-16H2,1-2H3;2*1H. The van der Waals surface area contributed by atoms with Gasteiger partial charge in [-0.2, -0.15) is 0 Å². The van der Waals surface area contributed by atoms with Crippen LogP contribution in [-0.4, -0.2) is 43.5 Å². The van der Waals surface area contributed by atoms with Crippen molar-refractivity contribution in [3.05, 3.63) is 53.5 Å². The van der Waals surface area contributed by atoms with E-state index in [1.807, 2.05) is 18.0 Å². The molecule has 166 valence electrons. The number of benzene rings is 1. The van der Waals surface area contributed by atoms with Crippen LogP contribution in [0.1, 0.15) is 47.9 Å². The lowest BCUT2D eigenvalue weighted by molar-refractivity contribution is 0.0653. The second-order valence-electron chi connectivity index (χ2n) is 8.21. The van der Waals surface area contributed by atoms with Crippen LogP contribution >= 0.6 is 24.8 Å². The van der Waals surface area contributed by atoms with Gasteiger partial charge < -0.3 is 19.5 Å². The molecule has 7 heteroatoms. The zero-order valence-electron chi connectivity index (χ0n) is 17.8. The third kappa shape index (κ3) is 5.13. The Morgan fingerprint density at radius 1 is 1.17 bits per heavy atom. The summed E-state index contributed by atoms with van der Waals surface area (Å²) in [6, 6.07) is 11.0. The van der Waals surface area contributed by atoms with E-state index in [9.17, 15) is 4.79 Å². The number of piperidine rings is 1. The second-order valence-corrected chi connectivity index (χ2v) is 8.21. The van der Waals surface area contributed by atoms with Gasteiger partial charge in [-0.15, -0.1) is 24.8 Å². The summed E-state index contributed by atoms with van der Waals surface area (Å²) in [6.45, 7) is 5.68. The molecule has 2 aliphatic rings. The molecule has 30 heavy (non-hydrogen) atoms. The zero-order chi connectivity index (χ0) is 19.5. The van der Waals surface area contributed by atoms with E-state index in [4.69, 9.17) is 4.42 Å². The van der Waals surface area contributed by atoms with Crippen LogP contribution in [0.3, 0.4) is 0 Å². The molecule has 0 aliphatic carbocycles. The number of likely N-dealkylation sites (tertiary alicyclic amines) is 1. The number of rotatable bonds is 6. The van der Waals surface area contributed by atoms with E-state index in [2.05, 4.69) is 41.4 Å². The Morgan fingerprint density at radius 3 is 2.63 bits per heavy atom. The SMILES string of the molecule is CNCCC1CCN(C(=O)c2occc2CN2c3ccccc3CC2C)CC1.Cl.Cl. The van der Waals surface area contributed by atoms with Gasteiger partial charge in [-0.1, -0.05) is 18.2 Å². The molecule has 1 N–H and O–H groups in total. The third-order valence-electron chi connectivity index (χ3n) is 6.33. The van der Waals surface area contributed by atoms with E-state index in [0.29, 0.717) is 18.3 Å². The van der Waals surface area contributed by atoms with Crippen molar-refractivity contribution >= 4 is 36.4 Å². The number of hydrogen-bond acceptors (Lipinski definition) is 4. The highest BCUT2D eigenvalue weighted by atomic mass is 35.5. The molecule has 5 nitrogen and oxygen atoms in total. The highest BCUT2D eigenvalue weighted by Gasteiger charge is 2.30. The lowest BCUT2D eigenvalue weighted by Gasteiger charge is -2.32. The molecule has 1 fully saturated rings. The Labute approximate surface area is 192 Å². The molecule has 3 heterocycles. The molecule has 1 saturated heterocycles. The monoisotopic (exact) mass is 453 g/mol. The summed E-state index contributed by atoms with van der Waals surface area (Å²) < 4.78 is 5.68. The fourth-order valence-electron chi connectivity index (χ4n) is 4.62. The van der Waals surface area contributed by atoms with Gasteiger partial charge in [0.2, 0.25) is 0 Å². The predicted molar refractivity (Wildman–Crippen MR) is 126 cm³/mol. The van der Waals surface area contributed by atoms with Gasteiger partial charge >= 0.3 is 0 Å². The summed E-state index contributed by atoms with van der Waals surface area (Å²) in [6.07, 6.45) is 6.07. The van der Waals surface area contributed by atoms with Crippen molar-refractivity contribution in [3.8, 4) is 0 Å². The number of amides is 1. The summed E-state index contributed by atoms with van der Waals surface area (Å²) in [7, 11) is 2.00. The summed E-state index contributed by atoms with van der Waals surface area (Å²) >= 11 is 0. The smallest absolute Gasteiger partial charge is 0.289 e. The van der Waals surface area contributed by atoms with Crippen LogP contribution in [0.4, 0.5) is 5.69 Å². The minimum Gasteiger partial charge on any atom is -0.459 e. The van der Waals surface area contributed by atoms with Gasteiger partial charge in [0.05, 0.1) is 6.26 Å². The molecule has 1 atom stereocenters. The maximum Gasteiger partial charge on any atom is 0.289 e. The van der Waals surface area contributed by atoms with Gasteiger partial charge in [0.1, 0.15) is 0 Å². The molecular weight excluding hydrogens is 421 g/mol. The number of halogens is 2. The maximum atomic E-state index is 13.1. The number of furan rings is 1. The normalized spacial score (nSPS) is 18.5. The van der Waals surface area contributed by atoms with E-state index in [0.717, 1.165) is 50.4 Å². The molecule has 1 amide bonds. The van der Waals surface area contributed by atoms with Gasteiger partial charge in [-0.25, -0.2) is 0 Å². The average Bonchev–Trinajstić information content (AvgIpc) is 3.31. The van der Waals surface area contributed by atoms with E-state index < -0.39 is 0 Å². The third-order valence-corrected chi connectivity index (χ3v) is 6.33. The lowest BCUT2D eigenvalue weighted by atomic mass is 9.93. The van der Waals surface area contributed by atoms with Gasteiger partial charge in [0.15, 0.2) is 5.76 Å². The molecule has 1 unspecified atom stereocenters. The quantitative estimate of drug-likeness (QED) is 0.697. The molecule has 2 aliphatic heterocycles. The molecule has 0 radical (unpaired) electrons. The Bertz CT molecular complexity index is 818. The zero-order valence-corrected chi connectivity index (χ0v) is 19.4. The van der Waals surface area contributed by atoms with Crippen LogP contribution in [0.25, 0.3) is 0 Å². The second kappa shape index (κ2) is 11.1. The lowest BCUT2D eigenvalue weighted by Crippen LogP contribution is -2.39. The topological polar surface area (TPSA) is 48.7 Å². The summed E-state index contributed by atoms with van der Waals surface area (Å²) in [4.78, 5) is 17.5. The molecular formula is C23H33Cl2N3O2. The molecule has 0 spiro atoms. The summed E-state index contributed by atoms with van der Waals surface area (Å²) in [5, 5.41) is 3.22. The van der Waals surface area contributed by atoms with Crippen molar-refractivity contribution in [1.82, 2.24) is 10.2 Å². The molecule has 1 aromatic carbocycles. The van der Waals surface area contributed by atoms with Crippen molar-refractivity contribution < 1.29 is 9.21 Å². The van der Waals surface area contributed by atoms with Crippen molar-refractivity contribution in [1.29, 1.82) is 0 Å². The van der Waals surface area contributed by atoms with Crippen LogP contribution < -0.4 is 10.2 Å². The maximum absolute atomic E-state index is 13.1. The minimum absolute atomic E-state index is 0. The first-order valence-electron chi connectivity index (χ1n) is 10.5. The largest absolute Gasteiger partial charge is 0.459 e. The van der Waals surface area contributed by atoms with Crippen molar-refractivity contribution in [2.75, 3.05) is 31.6 Å². The average molecular weight is 454 g/mol. The minimum atomic E-state index is 0. The van der Waals surface area contributed by atoms with E-state index in [1.165, 1.54) is 17.7 Å². The van der Waals surface area contributed by atoms with Crippen LogP contribution in [0.15, 0.2) is 41.0 Å². The van der Waals surface area contributed by atoms with Gasteiger partial charge in [-0.05, 0) is 69.8 Å². The fourth-order valence-corrected chi connectivity index (χ4v) is 4.62. The number of nitrogens with zero attached hydrogens (tertiary/aromatic N) is 2. The number of fused-ring (bicyclic) bond motifs is 1. The molecule has 2 aromatic rings. The van der Waals surface area contributed by atoms with Gasteiger partial charge in [0.25, 0.3) is 5.91 Å². The van der Waals surface area contributed by atoms with Gasteiger partial charge in [-0.3, -0.25) is 4.79 Å². The Morgan fingerprint density at radius 2 is 1.90 bits per heavy atom. The summed E-state index contributed by atoms with van der Waals surface area (Å²) in [5.74, 6) is 1.28. The Kier molecular flexibility index (Phi) is 9.08.